The van der Waals surface area contributed by atoms with Crippen LogP contribution in [-0.2, 0) is 0 Å². The summed E-state index contributed by atoms with van der Waals surface area (Å²) in [5.41, 5.74) is 0.795. The summed E-state index contributed by atoms with van der Waals surface area (Å²) >= 11 is 0. The van der Waals surface area contributed by atoms with Crippen molar-refractivity contribution >= 4 is 5.69 Å². The molecule has 0 saturated heterocycles. The van der Waals surface area contributed by atoms with E-state index in [1.165, 1.54) is 25.1 Å². The highest BCUT2D eigenvalue weighted by atomic mass is 19.1. The lowest BCUT2D eigenvalue weighted by Crippen LogP contribution is -2.20. The monoisotopic (exact) mass is 194 g/mol. The predicted octanol–water partition coefficient (Wildman–Crippen LogP) is 2.82. The van der Waals surface area contributed by atoms with Gasteiger partial charge in [0.2, 0.25) is 0 Å². The van der Waals surface area contributed by atoms with Crippen LogP contribution < -0.4 is 5.32 Å². The summed E-state index contributed by atoms with van der Waals surface area (Å²) in [6.07, 6.45) is 6.58. The fourth-order valence-electron chi connectivity index (χ4n) is 1.76. The quantitative estimate of drug-likeness (QED) is 0.797. The standard InChI is InChI=1S/C11H15FN2/c1-2-11(8-3-4-8)14-10-5-9(12)6-13-7-10/h5-8,11,14H,2-4H2,1H3. The van der Waals surface area contributed by atoms with Crippen molar-refractivity contribution in [2.45, 2.75) is 32.2 Å². The minimum Gasteiger partial charge on any atom is -0.381 e. The summed E-state index contributed by atoms with van der Waals surface area (Å²) in [5.74, 6) is 0.504. The SMILES string of the molecule is CCC(Nc1cncc(F)c1)C1CC1. The molecular formula is C11H15FN2. The smallest absolute Gasteiger partial charge is 0.143 e. The van der Waals surface area contributed by atoms with Crippen molar-refractivity contribution < 1.29 is 4.39 Å². The second-order valence-electron chi connectivity index (χ2n) is 3.89. The highest BCUT2D eigenvalue weighted by molar-refractivity contribution is 5.41. The van der Waals surface area contributed by atoms with Crippen LogP contribution in [0, 0.1) is 11.7 Å². The van der Waals surface area contributed by atoms with Gasteiger partial charge in [-0.25, -0.2) is 4.39 Å². The molecule has 1 N–H and O–H groups in total. The van der Waals surface area contributed by atoms with Crippen LogP contribution in [0.15, 0.2) is 18.5 Å². The van der Waals surface area contributed by atoms with Crippen LogP contribution in [0.3, 0.4) is 0 Å². The molecule has 3 heteroatoms. The van der Waals surface area contributed by atoms with Crippen LogP contribution in [0.4, 0.5) is 10.1 Å². The van der Waals surface area contributed by atoms with Gasteiger partial charge in [0.25, 0.3) is 0 Å². The number of pyridine rings is 1. The molecule has 1 atom stereocenters. The second kappa shape index (κ2) is 3.95. The molecule has 0 aliphatic heterocycles. The molecule has 0 bridgehead atoms. The van der Waals surface area contributed by atoms with E-state index in [9.17, 15) is 4.39 Å². The third kappa shape index (κ3) is 2.22. The molecule has 2 nitrogen and oxygen atoms in total. The Hall–Kier alpha value is -1.12. The summed E-state index contributed by atoms with van der Waals surface area (Å²) in [6.45, 7) is 2.16. The molecule has 1 aliphatic rings. The molecule has 1 fully saturated rings. The molecule has 1 unspecified atom stereocenters. The van der Waals surface area contributed by atoms with Crippen molar-refractivity contribution in [3.63, 3.8) is 0 Å². The van der Waals surface area contributed by atoms with Gasteiger partial charge < -0.3 is 5.32 Å². The fraction of sp³-hybridized carbons (Fsp3) is 0.545. The average Bonchev–Trinajstić information content (AvgIpc) is 2.97. The van der Waals surface area contributed by atoms with Crippen LogP contribution in [0.2, 0.25) is 0 Å². The summed E-state index contributed by atoms with van der Waals surface area (Å²) in [6, 6.07) is 1.98. The van der Waals surface area contributed by atoms with Gasteiger partial charge in [0, 0.05) is 12.1 Å². The maximum absolute atomic E-state index is 12.8. The Morgan fingerprint density at radius 1 is 1.57 bits per heavy atom. The molecule has 0 amide bonds. The zero-order valence-electron chi connectivity index (χ0n) is 8.33. The molecule has 0 radical (unpaired) electrons. The molecule has 76 valence electrons. The summed E-state index contributed by atoms with van der Waals surface area (Å²) in [4.78, 5) is 3.81. The molecule has 1 heterocycles. The van der Waals surface area contributed by atoms with Crippen molar-refractivity contribution in [2.24, 2.45) is 5.92 Å². The highest BCUT2D eigenvalue weighted by Gasteiger charge is 2.29. The molecule has 1 saturated carbocycles. The van der Waals surface area contributed by atoms with Gasteiger partial charge in [-0.1, -0.05) is 6.92 Å². The van der Waals surface area contributed by atoms with Crippen molar-refractivity contribution in [3.05, 3.63) is 24.3 Å². The average molecular weight is 194 g/mol. The van der Waals surface area contributed by atoms with Gasteiger partial charge in [0.1, 0.15) is 5.82 Å². The van der Waals surface area contributed by atoms with Crippen LogP contribution in [0.1, 0.15) is 26.2 Å². The van der Waals surface area contributed by atoms with E-state index in [1.54, 1.807) is 6.20 Å². The summed E-state index contributed by atoms with van der Waals surface area (Å²) in [7, 11) is 0. The lowest BCUT2D eigenvalue weighted by molar-refractivity contribution is 0.607. The van der Waals surface area contributed by atoms with E-state index in [2.05, 4.69) is 17.2 Å². The van der Waals surface area contributed by atoms with Crippen molar-refractivity contribution in [2.75, 3.05) is 5.32 Å². The number of hydrogen-bond acceptors (Lipinski definition) is 2. The van der Waals surface area contributed by atoms with Crippen molar-refractivity contribution in [1.82, 2.24) is 4.98 Å². The molecular weight excluding hydrogens is 179 g/mol. The van der Waals surface area contributed by atoms with Crippen molar-refractivity contribution in [3.8, 4) is 0 Å². The Bertz CT molecular complexity index is 310. The van der Waals surface area contributed by atoms with E-state index in [-0.39, 0.29) is 5.82 Å². The third-order valence-electron chi connectivity index (χ3n) is 2.69. The molecule has 1 aromatic rings. The highest BCUT2D eigenvalue weighted by Crippen LogP contribution is 2.35. The summed E-state index contributed by atoms with van der Waals surface area (Å²) < 4.78 is 12.8. The van der Waals surface area contributed by atoms with Gasteiger partial charge in [-0.3, -0.25) is 4.98 Å². The maximum atomic E-state index is 12.8. The van der Waals surface area contributed by atoms with E-state index in [0.29, 0.717) is 6.04 Å². The van der Waals surface area contributed by atoms with E-state index in [1.807, 2.05) is 0 Å². The van der Waals surface area contributed by atoms with E-state index in [0.717, 1.165) is 18.0 Å². The Balaban J connectivity index is 2.01. The molecule has 1 aliphatic carbocycles. The predicted molar refractivity (Wildman–Crippen MR) is 54.6 cm³/mol. The Kier molecular flexibility index (Phi) is 2.66. The second-order valence-corrected chi connectivity index (χ2v) is 3.89. The Morgan fingerprint density at radius 2 is 2.36 bits per heavy atom. The minimum absolute atomic E-state index is 0.277. The van der Waals surface area contributed by atoms with Gasteiger partial charge in [-0.2, -0.15) is 0 Å². The first kappa shape index (κ1) is 9.44. The summed E-state index contributed by atoms with van der Waals surface area (Å²) in [5, 5.41) is 3.33. The Morgan fingerprint density at radius 3 is 2.93 bits per heavy atom. The number of aromatic nitrogens is 1. The number of nitrogens with zero attached hydrogens (tertiary/aromatic N) is 1. The molecule has 2 rings (SSSR count). The zero-order valence-corrected chi connectivity index (χ0v) is 8.33. The largest absolute Gasteiger partial charge is 0.381 e. The first-order chi connectivity index (χ1) is 6.79. The fourth-order valence-corrected chi connectivity index (χ4v) is 1.76. The van der Waals surface area contributed by atoms with Crippen LogP contribution >= 0.6 is 0 Å². The normalized spacial score (nSPS) is 17.9. The number of hydrogen-bond donors (Lipinski definition) is 1. The lowest BCUT2D eigenvalue weighted by Gasteiger charge is -2.17. The number of rotatable bonds is 4. The first-order valence-electron chi connectivity index (χ1n) is 5.16. The van der Waals surface area contributed by atoms with Gasteiger partial charge in [-0.05, 0) is 25.2 Å². The lowest BCUT2D eigenvalue weighted by atomic mass is 10.1. The number of nitrogens with one attached hydrogen (secondary N) is 1. The van der Waals surface area contributed by atoms with Crippen LogP contribution in [0.25, 0.3) is 0 Å². The van der Waals surface area contributed by atoms with E-state index >= 15 is 0 Å². The Labute approximate surface area is 83.6 Å². The van der Waals surface area contributed by atoms with Crippen LogP contribution in [0.5, 0.6) is 0 Å². The molecule has 1 aromatic heterocycles. The number of anilines is 1. The maximum Gasteiger partial charge on any atom is 0.143 e. The molecule has 14 heavy (non-hydrogen) atoms. The van der Waals surface area contributed by atoms with Gasteiger partial charge >= 0.3 is 0 Å². The van der Waals surface area contributed by atoms with E-state index in [4.69, 9.17) is 0 Å². The van der Waals surface area contributed by atoms with Gasteiger partial charge in [0.15, 0.2) is 0 Å². The first-order valence-corrected chi connectivity index (χ1v) is 5.16. The molecule has 0 spiro atoms. The third-order valence-corrected chi connectivity index (χ3v) is 2.69. The zero-order chi connectivity index (χ0) is 9.97. The van der Waals surface area contributed by atoms with Crippen molar-refractivity contribution in [1.29, 1.82) is 0 Å². The minimum atomic E-state index is -0.277. The topological polar surface area (TPSA) is 24.9 Å². The number of halogens is 1. The van der Waals surface area contributed by atoms with Gasteiger partial charge in [-0.15, -0.1) is 0 Å². The molecule has 0 aromatic carbocycles. The van der Waals surface area contributed by atoms with Crippen LogP contribution in [-0.4, -0.2) is 11.0 Å². The van der Waals surface area contributed by atoms with E-state index < -0.39 is 0 Å². The van der Waals surface area contributed by atoms with Gasteiger partial charge in [0.05, 0.1) is 18.1 Å².